The number of anilines is 2. The Kier molecular flexibility index (Phi) is 4.58. The molecule has 7 nitrogen and oxygen atoms in total. The zero-order valence-electron chi connectivity index (χ0n) is 14.8. The Balaban J connectivity index is 1.36. The fourth-order valence-corrected chi connectivity index (χ4v) is 3.41. The first-order chi connectivity index (χ1) is 13.1. The fraction of sp³-hybridized carbons (Fsp3) is 0.300. The van der Waals surface area contributed by atoms with E-state index in [0.29, 0.717) is 54.4 Å². The van der Waals surface area contributed by atoms with E-state index < -0.39 is 0 Å². The lowest BCUT2D eigenvalue weighted by molar-refractivity contribution is -0.121. The third kappa shape index (κ3) is 3.53. The number of likely N-dealkylation sites (tertiary alicyclic amines) is 1. The van der Waals surface area contributed by atoms with Crippen molar-refractivity contribution in [1.29, 1.82) is 0 Å². The normalized spacial score (nSPS) is 16.2. The predicted octanol–water partition coefficient (Wildman–Crippen LogP) is 2.49. The lowest BCUT2D eigenvalue weighted by atomic mass is 9.95. The van der Waals surface area contributed by atoms with Crippen LogP contribution in [0.4, 0.5) is 11.4 Å². The number of hydrogen-bond donors (Lipinski definition) is 2. The van der Waals surface area contributed by atoms with E-state index in [9.17, 15) is 9.59 Å². The number of nitrogens with one attached hydrogen (secondary N) is 1. The molecule has 0 saturated carbocycles. The van der Waals surface area contributed by atoms with Crippen molar-refractivity contribution < 1.29 is 19.1 Å². The Hall–Kier alpha value is -3.22. The Bertz CT molecular complexity index is 861. The summed E-state index contributed by atoms with van der Waals surface area (Å²) in [7, 11) is 0. The van der Waals surface area contributed by atoms with Gasteiger partial charge in [0, 0.05) is 36.7 Å². The van der Waals surface area contributed by atoms with Crippen LogP contribution in [0.1, 0.15) is 23.2 Å². The van der Waals surface area contributed by atoms with Gasteiger partial charge in [-0.25, -0.2) is 0 Å². The van der Waals surface area contributed by atoms with Crippen LogP contribution in [0.15, 0.2) is 42.5 Å². The van der Waals surface area contributed by atoms with Crippen molar-refractivity contribution in [3.8, 4) is 11.5 Å². The highest BCUT2D eigenvalue weighted by molar-refractivity contribution is 5.97. The highest BCUT2D eigenvalue weighted by atomic mass is 16.7. The van der Waals surface area contributed by atoms with Gasteiger partial charge in [0.1, 0.15) is 0 Å². The summed E-state index contributed by atoms with van der Waals surface area (Å²) < 4.78 is 10.6. The second-order valence-corrected chi connectivity index (χ2v) is 6.71. The predicted molar refractivity (Wildman–Crippen MR) is 101 cm³/mol. The van der Waals surface area contributed by atoms with Gasteiger partial charge in [-0.15, -0.1) is 0 Å². The second-order valence-electron chi connectivity index (χ2n) is 6.71. The van der Waals surface area contributed by atoms with Crippen molar-refractivity contribution in [2.75, 3.05) is 30.9 Å². The smallest absolute Gasteiger partial charge is 0.253 e. The van der Waals surface area contributed by atoms with E-state index in [1.807, 2.05) is 30.3 Å². The third-order valence-electron chi connectivity index (χ3n) is 4.98. The number of nitrogen functional groups attached to an aromatic ring is 1. The molecule has 140 valence electrons. The number of rotatable bonds is 3. The quantitative estimate of drug-likeness (QED) is 0.813. The minimum atomic E-state index is -0.158. The number of piperidine rings is 1. The number of fused-ring (bicyclic) bond motifs is 1. The van der Waals surface area contributed by atoms with Gasteiger partial charge in [0.25, 0.3) is 5.91 Å². The molecule has 2 aliphatic heterocycles. The summed E-state index contributed by atoms with van der Waals surface area (Å²) in [5, 5.41) is 2.88. The van der Waals surface area contributed by atoms with Crippen LogP contribution in [0, 0.1) is 5.92 Å². The lowest BCUT2D eigenvalue weighted by Crippen LogP contribution is -2.41. The minimum absolute atomic E-state index is 0.00877. The van der Waals surface area contributed by atoms with Crippen LogP contribution in [0.3, 0.4) is 0 Å². The van der Waals surface area contributed by atoms with Gasteiger partial charge < -0.3 is 25.4 Å². The van der Waals surface area contributed by atoms with Crippen LogP contribution in [-0.2, 0) is 4.79 Å². The summed E-state index contributed by atoms with van der Waals surface area (Å²) in [6.07, 6.45) is 1.24. The maximum absolute atomic E-state index is 12.6. The van der Waals surface area contributed by atoms with Gasteiger partial charge in [0.2, 0.25) is 12.7 Å². The first kappa shape index (κ1) is 17.2. The van der Waals surface area contributed by atoms with Gasteiger partial charge in [-0.3, -0.25) is 9.59 Å². The molecule has 2 aromatic rings. The maximum Gasteiger partial charge on any atom is 0.253 e. The van der Waals surface area contributed by atoms with E-state index in [1.54, 1.807) is 17.0 Å². The van der Waals surface area contributed by atoms with Gasteiger partial charge >= 0.3 is 0 Å². The van der Waals surface area contributed by atoms with Crippen molar-refractivity contribution >= 4 is 23.2 Å². The molecule has 0 spiro atoms. The van der Waals surface area contributed by atoms with Crippen LogP contribution < -0.4 is 20.5 Å². The molecule has 0 aliphatic carbocycles. The Morgan fingerprint density at radius 3 is 2.41 bits per heavy atom. The van der Waals surface area contributed by atoms with Crippen molar-refractivity contribution in [2.45, 2.75) is 12.8 Å². The van der Waals surface area contributed by atoms with E-state index in [-0.39, 0.29) is 24.5 Å². The molecule has 1 fully saturated rings. The summed E-state index contributed by atoms with van der Waals surface area (Å²) in [5.41, 5.74) is 7.62. The Morgan fingerprint density at radius 1 is 1.04 bits per heavy atom. The van der Waals surface area contributed by atoms with Gasteiger partial charge in [-0.05, 0) is 25.0 Å². The molecule has 2 aliphatic rings. The molecule has 1 saturated heterocycles. The zero-order chi connectivity index (χ0) is 18.8. The van der Waals surface area contributed by atoms with Crippen molar-refractivity contribution in [2.24, 2.45) is 5.92 Å². The number of amides is 2. The molecule has 2 aromatic carbocycles. The Labute approximate surface area is 157 Å². The molecular weight excluding hydrogens is 346 g/mol. The molecule has 0 bridgehead atoms. The first-order valence-corrected chi connectivity index (χ1v) is 8.96. The van der Waals surface area contributed by atoms with Crippen molar-refractivity contribution in [3.63, 3.8) is 0 Å². The standard InChI is InChI=1S/C20H21N3O4/c21-15-10-17-18(27-12-26-17)11-16(15)22-19(24)13-6-8-23(9-7-13)20(25)14-4-2-1-3-5-14/h1-5,10-11,13H,6-9,12,21H2,(H,22,24). The average molecular weight is 367 g/mol. The average Bonchev–Trinajstić information content (AvgIpc) is 3.15. The monoisotopic (exact) mass is 367 g/mol. The molecule has 4 rings (SSSR count). The molecule has 2 amide bonds. The molecular formula is C20H21N3O4. The number of hydrogen-bond acceptors (Lipinski definition) is 5. The molecule has 27 heavy (non-hydrogen) atoms. The van der Waals surface area contributed by atoms with E-state index in [4.69, 9.17) is 15.2 Å². The van der Waals surface area contributed by atoms with E-state index >= 15 is 0 Å². The minimum Gasteiger partial charge on any atom is -0.454 e. The van der Waals surface area contributed by atoms with Crippen LogP contribution >= 0.6 is 0 Å². The Morgan fingerprint density at radius 2 is 1.70 bits per heavy atom. The highest BCUT2D eigenvalue weighted by Crippen LogP contribution is 2.38. The number of benzene rings is 2. The van der Waals surface area contributed by atoms with Gasteiger partial charge in [0.05, 0.1) is 11.4 Å². The molecule has 3 N–H and O–H groups in total. The SMILES string of the molecule is Nc1cc2c(cc1NC(=O)C1CCN(C(=O)c3ccccc3)CC1)OCO2. The van der Waals surface area contributed by atoms with Crippen LogP contribution in [0.2, 0.25) is 0 Å². The van der Waals surface area contributed by atoms with Gasteiger partial charge in [0.15, 0.2) is 11.5 Å². The van der Waals surface area contributed by atoms with Gasteiger partial charge in [-0.1, -0.05) is 18.2 Å². The van der Waals surface area contributed by atoms with Crippen molar-refractivity contribution in [3.05, 3.63) is 48.0 Å². The topological polar surface area (TPSA) is 93.9 Å². The fourth-order valence-electron chi connectivity index (χ4n) is 3.41. The number of ether oxygens (including phenoxy) is 2. The van der Waals surface area contributed by atoms with E-state index in [0.717, 1.165) is 0 Å². The summed E-state index contributed by atoms with van der Waals surface area (Å²) in [6.45, 7) is 1.27. The number of carbonyl (C=O) groups is 2. The van der Waals surface area contributed by atoms with Gasteiger partial charge in [-0.2, -0.15) is 0 Å². The number of carbonyl (C=O) groups excluding carboxylic acids is 2. The van der Waals surface area contributed by atoms with E-state index in [2.05, 4.69) is 5.32 Å². The summed E-state index contributed by atoms with van der Waals surface area (Å²) in [5.74, 6) is 0.914. The largest absolute Gasteiger partial charge is 0.454 e. The van der Waals surface area contributed by atoms with E-state index in [1.165, 1.54) is 0 Å². The first-order valence-electron chi connectivity index (χ1n) is 8.96. The second kappa shape index (κ2) is 7.19. The number of nitrogens with two attached hydrogens (primary N) is 1. The molecule has 0 aromatic heterocycles. The molecule has 7 heteroatoms. The van der Waals surface area contributed by atoms with Crippen molar-refractivity contribution in [1.82, 2.24) is 4.90 Å². The van der Waals surface area contributed by atoms with Crippen LogP contribution in [0.25, 0.3) is 0 Å². The summed E-state index contributed by atoms with van der Waals surface area (Å²) >= 11 is 0. The molecule has 0 atom stereocenters. The van der Waals surface area contributed by atoms with Crippen LogP contribution in [0.5, 0.6) is 11.5 Å². The maximum atomic E-state index is 12.6. The third-order valence-corrected chi connectivity index (χ3v) is 4.98. The van der Waals surface area contributed by atoms with Crippen LogP contribution in [-0.4, -0.2) is 36.6 Å². The summed E-state index contributed by atoms with van der Waals surface area (Å²) in [4.78, 5) is 26.9. The molecule has 2 heterocycles. The molecule has 0 unspecified atom stereocenters. The number of nitrogens with zero attached hydrogens (tertiary/aromatic N) is 1. The highest BCUT2D eigenvalue weighted by Gasteiger charge is 2.28. The molecule has 0 radical (unpaired) electrons. The summed E-state index contributed by atoms with van der Waals surface area (Å²) in [6, 6.07) is 12.5. The zero-order valence-corrected chi connectivity index (χ0v) is 14.8. The lowest BCUT2D eigenvalue weighted by Gasteiger charge is -2.31.